The van der Waals surface area contributed by atoms with Crippen LogP contribution < -0.4 is 0 Å². The number of hydrogen-bond donors (Lipinski definition) is 0. The molecule has 8 aromatic rings. The van der Waals surface area contributed by atoms with Crippen molar-refractivity contribution in [1.29, 1.82) is 0 Å². The third kappa shape index (κ3) is 4.65. The molecule has 2 aromatic heterocycles. The molecule has 0 radical (unpaired) electrons. The molecule has 0 fully saturated rings. The van der Waals surface area contributed by atoms with Crippen LogP contribution in [0.3, 0.4) is 0 Å². The highest BCUT2D eigenvalue weighted by Crippen LogP contribution is 2.44. The Morgan fingerprint density at radius 3 is 1.64 bits per heavy atom. The highest BCUT2D eigenvalue weighted by Gasteiger charge is 2.24. The lowest BCUT2D eigenvalue weighted by Crippen LogP contribution is -2.31. The molecule has 0 unspecified atom stereocenters. The molecule has 0 N–H and O–H groups in total. The van der Waals surface area contributed by atoms with Gasteiger partial charge in [0.1, 0.15) is 0 Å². The molecule has 0 saturated carbocycles. The number of benzene rings is 6. The monoisotopic (exact) mass is 573 g/mol. The third-order valence-electron chi connectivity index (χ3n) is 8.72. The summed E-state index contributed by atoms with van der Waals surface area (Å²) in [6.07, 6.45) is 3.71. The highest BCUT2D eigenvalue weighted by molar-refractivity contribution is 6.58. The first-order valence-corrected chi connectivity index (χ1v) is 15.5. The Labute approximate surface area is 265 Å². The van der Waals surface area contributed by atoms with E-state index >= 15 is 0 Å². The summed E-state index contributed by atoms with van der Waals surface area (Å²) in [5.41, 5.74) is 10.5. The van der Waals surface area contributed by atoms with Crippen LogP contribution in [-0.4, -0.2) is 38.1 Å². The molecule has 0 bridgehead atoms. The molecular formula is C39H30B3N3. The van der Waals surface area contributed by atoms with E-state index in [2.05, 4.69) is 167 Å². The van der Waals surface area contributed by atoms with Gasteiger partial charge in [0.15, 0.2) is 0 Å². The second-order valence-electron chi connectivity index (χ2n) is 12.7. The maximum Gasteiger partial charge on any atom is 0.0994 e. The number of hydrogen-bond acceptors (Lipinski definition) is 2. The Hall–Kier alpha value is -5.35. The minimum Gasteiger partial charge on any atom is -0.298 e. The van der Waals surface area contributed by atoms with Crippen LogP contribution in [0.25, 0.3) is 71.6 Å². The number of imidazole rings is 1. The second-order valence-corrected chi connectivity index (χ2v) is 12.7. The van der Waals surface area contributed by atoms with E-state index in [4.69, 9.17) is 4.98 Å². The van der Waals surface area contributed by atoms with Gasteiger partial charge in [0.05, 0.1) is 40.4 Å². The van der Waals surface area contributed by atoms with Gasteiger partial charge < -0.3 is 0 Å². The molecule has 0 amide bonds. The van der Waals surface area contributed by atoms with Crippen LogP contribution in [0.15, 0.2) is 146 Å². The number of rotatable bonds is 5. The molecule has 6 aromatic carbocycles. The Kier molecular flexibility index (Phi) is 6.46. The smallest absolute Gasteiger partial charge is 0.0994 e. The first-order chi connectivity index (χ1) is 22.0. The highest BCUT2D eigenvalue weighted by atomic mass is 15.1. The van der Waals surface area contributed by atoms with Gasteiger partial charge in [-0.25, -0.2) is 4.98 Å². The van der Waals surface area contributed by atoms with E-state index in [9.17, 15) is 0 Å². The first kappa shape index (κ1) is 27.2. The Balaban J connectivity index is 1.39. The van der Waals surface area contributed by atoms with Gasteiger partial charge >= 0.3 is 0 Å². The molecule has 0 aliphatic heterocycles. The van der Waals surface area contributed by atoms with E-state index < -0.39 is 0 Å². The Bertz CT molecular complexity index is 2320. The van der Waals surface area contributed by atoms with Crippen molar-refractivity contribution in [1.82, 2.24) is 14.5 Å². The fourth-order valence-corrected chi connectivity index (χ4v) is 6.74. The number of nitrogens with zero attached hydrogens (tertiary/aromatic N) is 3. The molecule has 45 heavy (non-hydrogen) atoms. The number of pyridine rings is 1. The molecule has 0 aliphatic carbocycles. The lowest BCUT2D eigenvalue weighted by molar-refractivity contribution is 0.930. The van der Waals surface area contributed by atoms with Crippen LogP contribution >= 0.6 is 0 Å². The lowest BCUT2D eigenvalue weighted by atomic mass is 9.42. The summed E-state index contributed by atoms with van der Waals surface area (Å²) in [5, 5.41) is 4.84. The van der Waals surface area contributed by atoms with Crippen LogP contribution in [0.4, 0.5) is 0 Å². The fourth-order valence-electron chi connectivity index (χ4n) is 6.74. The van der Waals surface area contributed by atoms with E-state index in [-0.39, 0.29) is 5.11 Å². The van der Waals surface area contributed by atoms with E-state index in [1.807, 2.05) is 12.4 Å². The lowest BCUT2D eigenvalue weighted by Gasteiger charge is -2.21. The molecule has 3 nitrogen and oxygen atoms in total. The fraction of sp³-hybridized carbons (Fsp3) is 0.0256. The summed E-state index contributed by atoms with van der Waals surface area (Å²) in [5.74, 6) is 1.06. The maximum absolute atomic E-state index is 5.10. The van der Waals surface area contributed by atoms with Crippen molar-refractivity contribution in [2.75, 3.05) is 0 Å². The van der Waals surface area contributed by atoms with Crippen molar-refractivity contribution < 1.29 is 0 Å². The van der Waals surface area contributed by atoms with Gasteiger partial charge in [0.2, 0.25) is 0 Å². The first-order valence-electron chi connectivity index (χ1n) is 15.5. The normalized spacial score (nSPS) is 11.8. The predicted molar refractivity (Wildman–Crippen MR) is 197 cm³/mol. The minimum absolute atomic E-state index is 0.124. The van der Waals surface area contributed by atoms with Gasteiger partial charge in [-0.2, -0.15) is 0 Å². The van der Waals surface area contributed by atoms with Crippen LogP contribution in [0.1, 0.15) is 5.82 Å². The van der Waals surface area contributed by atoms with Crippen LogP contribution in [-0.2, 0) is 5.11 Å². The van der Waals surface area contributed by atoms with Gasteiger partial charge in [-0.3, -0.25) is 9.55 Å². The minimum atomic E-state index is -0.124. The van der Waals surface area contributed by atoms with Crippen molar-refractivity contribution in [3.8, 4) is 39.1 Å². The Morgan fingerprint density at radius 2 is 1.02 bits per heavy atom. The van der Waals surface area contributed by atoms with E-state index in [0.29, 0.717) is 0 Å². The molecule has 0 aliphatic rings. The SMILES string of the molecule is BC(B)(B)c1nc2ccccc2n1-c1cccc(-c2c3ccccc3c(-c3cccc(-c4ccncc4)c3)c3ccccc23)c1. The number of fused-ring (bicyclic) bond motifs is 3. The second kappa shape index (κ2) is 10.7. The summed E-state index contributed by atoms with van der Waals surface area (Å²) in [6.45, 7) is 0. The van der Waals surface area contributed by atoms with Crippen LogP contribution in [0, 0.1) is 0 Å². The summed E-state index contributed by atoms with van der Waals surface area (Å²) in [4.78, 5) is 9.32. The summed E-state index contributed by atoms with van der Waals surface area (Å²) < 4.78 is 2.34. The third-order valence-corrected chi connectivity index (χ3v) is 8.72. The number of aromatic nitrogens is 3. The molecule has 6 heteroatoms. The molecule has 2 heterocycles. The van der Waals surface area contributed by atoms with Crippen molar-refractivity contribution in [3.63, 3.8) is 0 Å². The molecule has 8 rings (SSSR count). The van der Waals surface area contributed by atoms with Crippen molar-refractivity contribution in [2.45, 2.75) is 5.11 Å². The van der Waals surface area contributed by atoms with Crippen molar-refractivity contribution >= 4 is 56.1 Å². The predicted octanol–water partition coefficient (Wildman–Crippen LogP) is 6.74. The standard InChI is InChI=1S/C39H30B3N3/c40-39(41,42)38-44-34-17-5-6-18-35(34)45(38)29-12-8-11-28(24-29)37-32-15-3-1-13-30(32)36(31-14-2-4-16-33(31)37)27-10-7-9-26(23-27)25-19-21-43-22-20-25/h1-24H,40-42H2. The topological polar surface area (TPSA) is 30.7 Å². The average molecular weight is 573 g/mol. The van der Waals surface area contributed by atoms with Crippen LogP contribution in [0.2, 0.25) is 0 Å². The average Bonchev–Trinajstić information content (AvgIpc) is 3.48. The molecule has 0 saturated heterocycles. The van der Waals surface area contributed by atoms with Crippen molar-refractivity contribution in [2.24, 2.45) is 0 Å². The zero-order valence-electron chi connectivity index (χ0n) is 25.7. The van der Waals surface area contributed by atoms with Crippen LogP contribution in [0.5, 0.6) is 0 Å². The Morgan fingerprint density at radius 1 is 0.489 bits per heavy atom. The quantitative estimate of drug-likeness (QED) is 0.169. The molecule has 0 spiro atoms. The zero-order chi connectivity index (χ0) is 30.5. The summed E-state index contributed by atoms with van der Waals surface area (Å²) in [6, 6.07) is 48.1. The zero-order valence-corrected chi connectivity index (χ0v) is 25.7. The van der Waals surface area contributed by atoms with Gasteiger partial charge in [0.25, 0.3) is 0 Å². The number of para-hydroxylation sites is 2. The van der Waals surface area contributed by atoms with E-state index in [1.165, 1.54) is 49.4 Å². The van der Waals surface area contributed by atoms with Gasteiger partial charge in [0, 0.05) is 18.1 Å². The van der Waals surface area contributed by atoms with E-state index in [1.54, 1.807) is 0 Å². The van der Waals surface area contributed by atoms with E-state index in [0.717, 1.165) is 28.1 Å². The summed E-state index contributed by atoms with van der Waals surface area (Å²) in [7, 11) is 6.70. The largest absolute Gasteiger partial charge is 0.298 e. The van der Waals surface area contributed by atoms with Gasteiger partial charge in [-0.05, 0) is 97.4 Å². The molecule has 0 atom stereocenters. The summed E-state index contributed by atoms with van der Waals surface area (Å²) >= 11 is 0. The molecule has 210 valence electrons. The maximum atomic E-state index is 5.10. The van der Waals surface area contributed by atoms with Gasteiger partial charge in [-0.1, -0.05) is 96.1 Å². The van der Waals surface area contributed by atoms with Crippen molar-refractivity contribution in [3.05, 3.63) is 152 Å². The van der Waals surface area contributed by atoms with Gasteiger partial charge in [-0.15, -0.1) is 0 Å². The molecular weight excluding hydrogens is 543 g/mol.